The third kappa shape index (κ3) is 3.24. The zero-order valence-electron chi connectivity index (χ0n) is 11.9. The molecule has 20 heavy (non-hydrogen) atoms. The quantitative estimate of drug-likeness (QED) is 0.856. The molecule has 0 N–H and O–H groups in total. The van der Waals surface area contributed by atoms with E-state index in [4.69, 9.17) is 4.74 Å². The fourth-order valence-electron chi connectivity index (χ4n) is 2.58. The van der Waals surface area contributed by atoms with Crippen LogP contribution in [-0.2, 0) is 11.3 Å². The van der Waals surface area contributed by atoms with Crippen molar-refractivity contribution in [2.24, 2.45) is 0 Å². The molecule has 1 saturated heterocycles. The normalized spacial score (nSPS) is 16.2. The van der Waals surface area contributed by atoms with E-state index < -0.39 is 0 Å². The Bertz CT molecular complexity index is 577. The Morgan fingerprint density at radius 2 is 1.95 bits per heavy atom. The minimum absolute atomic E-state index is 0.849. The minimum Gasteiger partial charge on any atom is -0.379 e. The van der Waals surface area contributed by atoms with Crippen LogP contribution in [0, 0.1) is 6.92 Å². The van der Waals surface area contributed by atoms with Crippen molar-refractivity contribution >= 4 is 0 Å². The molecule has 0 bridgehead atoms. The van der Waals surface area contributed by atoms with Gasteiger partial charge in [0.05, 0.1) is 13.2 Å². The largest absolute Gasteiger partial charge is 0.379 e. The molecule has 2 aromatic rings. The summed E-state index contributed by atoms with van der Waals surface area (Å²) in [5.41, 5.74) is 4.98. The third-order valence-electron chi connectivity index (χ3n) is 3.65. The summed E-state index contributed by atoms with van der Waals surface area (Å²) in [6, 6.07) is 10.9. The van der Waals surface area contributed by atoms with E-state index in [0.717, 1.165) is 32.8 Å². The Balaban J connectivity index is 1.78. The average Bonchev–Trinajstić information content (AvgIpc) is 2.49. The van der Waals surface area contributed by atoms with Gasteiger partial charge in [0.1, 0.15) is 0 Å². The van der Waals surface area contributed by atoms with Crippen LogP contribution in [-0.4, -0.2) is 36.2 Å². The fraction of sp³-hybridized carbons (Fsp3) is 0.353. The molecule has 0 radical (unpaired) electrons. The van der Waals surface area contributed by atoms with Gasteiger partial charge in [-0.2, -0.15) is 0 Å². The maximum absolute atomic E-state index is 5.39. The van der Waals surface area contributed by atoms with Gasteiger partial charge in [0, 0.05) is 37.6 Å². The monoisotopic (exact) mass is 268 g/mol. The van der Waals surface area contributed by atoms with Gasteiger partial charge in [0.15, 0.2) is 0 Å². The van der Waals surface area contributed by atoms with Gasteiger partial charge in [0.25, 0.3) is 0 Å². The van der Waals surface area contributed by atoms with E-state index in [1.165, 1.54) is 22.3 Å². The first-order chi connectivity index (χ1) is 9.81. The van der Waals surface area contributed by atoms with Crippen molar-refractivity contribution < 1.29 is 4.74 Å². The minimum atomic E-state index is 0.849. The number of ether oxygens (including phenoxy) is 1. The van der Waals surface area contributed by atoms with Crippen molar-refractivity contribution in [3.05, 3.63) is 53.9 Å². The van der Waals surface area contributed by atoms with Crippen LogP contribution in [0.25, 0.3) is 11.1 Å². The predicted molar refractivity (Wildman–Crippen MR) is 80.5 cm³/mol. The van der Waals surface area contributed by atoms with E-state index in [2.05, 4.69) is 47.1 Å². The highest BCUT2D eigenvalue weighted by molar-refractivity contribution is 5.63. The molecule has 1 aliphatic rings. The Labute approximate surface area is 120 Å². The molecule has 0 atom stereocenters. The van der Waals surface area contributed by atoms with Crippen molar-refractivity contribution in [3.63, 3.8) is 0 Å². The number of benzene rings is 1. The highest BCUT2D eigenvalue weighted by atomic mass is 16.5. The molecule has 104 valence electrons. The Morgan fingerprint density at radius 3 is 2.75 bits per heavy atom. The number of hydrogen-bond acceptors (Lipinski definition) is 3. The van der Waals surface area contributed by atoms with Crippen LogP contribution in [0.1, 0.15) is 11.1 Å². The van der Waals surface area contributed by atoms with Crippen molar-refractivity contribution in [2.45, 2.75) is 13.5 Å². The summed E-state index contributed by atoms with van der Waals surface area (Å²) in [6.45, 7) is 6.82. The standard InChI is InChI=1S/C17H20N2O/c1-14-9-17(12-18-11-14)16-4-2-3-15(10-16)13-19-5-7-20-8-6-19/h2-4,9-12H,5-8,13H2,1H3. The molecule has 1 aromatic heterocycles. The number of morpholine rings is 1. The van der Waals surface area contributed by atoms with Crippen molar-refractivity contribution in [1.29, 1.82) is 0 Å². The number of nitrogens with zero attached hydrogens (tertiary/aromatic N) is 2. The van der Waals surface area contributed by atoms with E-state index in [-0.39, 0.29) is 0 Å². The molecule has 0 spiro atoms. The summed E-state index contributed by atoms with van der Waals surface area (Å²) in [6.07, 6.45) is 3.82. The SMILES string of the molecule is Cc1cncc(-c2cccc(CN3CCOCC3)c2)c1. The van der Waals surface area contributed by atoms with Crippen molar-refractivity contribution in [2.75, 3.05) is 26.3 Å². The zero-order valence-corrected chi connectivity index (χ0v) is 11.9. The van der Waals surface area contributed by atoms with Gasteiger partial charge >= 0.3 is 0 Å². The van der Waals surface area contributed by atoms with E-state index >= 15 is 0 Å². The van der Waals surface area contributed by atoms with E-state index in [0.29, 0.717) is 0 Å². The van der Waals surface area contributed by atoms with Crippen LogP contribution in [0.3, 0.4) is 0 Å². The van der Waals surface area contributed by atoms with Gasteiger partial charge < -0.3 is 4.74 Å². The predicted octanol–water partition coefficient (Wildman–Crippen LogP) is 2.89. The molecule has 0 aliphatic carbocycles. The summed E-state index contributed by atoms with van der Waals surface area (Å²) in [5.74, 6) is 0. The lowest BCUT2D eigenvalue weighted by molar-refractivity contribution is 0.0342. The van der Waals surface area contributed by atoms with Crippen LogP contribution in [0.4, 0.5) is 0 Å². The van der Waals surface area contributed by atoms with Crippen LogP contribution in [0.15, 0.2) is 42.7 Å². The lowest BCUT2D eigenvalue weighted by atomic mass is 10.0. The van der Waals surface area contributed by atoms with Gasteiger partial charge in [-0.15, -0.1) is 0 Å². The van der Waals surface area contributed by atoms with Crippen LogP contribution >= 0.6 is 0 Å². The van der Waals surface area contributed by atoms with E-state index in [1.54, 1.807) is 0 Å². The lowest BCUT2D eigenvalue weighted by Crippen LogP contribution is -2.35. The summed E-state index contributed by atoms with van der Waals surface area (Å²) < 4.78 is 5.39. The maximum Gasteiger partial charge on any atom is 0.0594 e. The first-order valence-corrected chi connectivity index (χ1v) is 7.12. The smallest absolute Gasteiger partial charge is 0.0594 e. The molecule has 0 unspecified atom stereocenters. The zero-order chi connectivity index (χ0) is 13.8. The number of rotatable bonds is 3. The van der Waals surface area contributed by atoms with E-state index in [1.807, 2.05) is 12.4 Å². The summed E-state index contributed by atoms with van der Waals surface area (Å²) in [5, 5.41) is 0. The highest BCUT2D eigenvalue weighted by Crippen LogP contribution is 2.21. The van der Waals surface area contributed by atoms with Crippen molar-refractivity contribution in [1.82, 2.24) is 9.88 Å². The van der Waals surface area contributed by atoms with Gasteiger partial charge in [-0.25, -0.2) is 0 Å². The second kappa shape index (κ2) is 6.16. The third-order valence-corrected chi connectivity index (χ3v) is 3.65. The highest BCUT2D eigenvalue weighted by Gasteiger charge is 2.11. The number of hydrogen-bond donors (Lipinski definition) is 0. The number of pyridine rings is 1. The van der Waals surface area contributed by atoms with Gasteiger partial charge in [-0.3, -0.25) is 9.88 Å². The Kier molecular flexibility index (Phi) is 4.09. The number of aryl methyl sites for hydroxylation is 1. The molecule has 1 aliphatic heterocycles. The molecule has 3 rings (SSSR count). The topological polar surface area (TPSA) is 25.4 Å². The summed E-state index contributed by atoms with van der Waals surface area (Å²) >= 11 is 0. The molecular weight excluding hydrogens is 248 g/mol. The van der Waals surface area contributed by atoms with Gasteiger partial charge in [0.2, 0.25) is 0 Å². The van der Waals surface area contributed by atoms with E-state index in [9.17, 15) is 0 Å². The first-order valence-electron chi connectivity index (χ1n) is 7.12. The average molecular weight is 268 g/mol. The summed E-state index contributed by atoms with van der Waals surface area (Å²) in [7, 11) is 0. The van der Waals surface area contributed by atoms with Crippen LogP contribution in [0.5, 0.6) is 0 Å². The molecule has 1 fully saturated rings. The second-order valence-corrected chi connectivity index (χ2v) is 5.34. The van der Waals surface area contributed by atoms with Crippen LogP contribution in [0.2, 0.25) is 0 Å². The Morgan fingerprint density at radius 1 is 1.10 bits per heavy atom. The summed E-state index contributed by atoms with van der Waals surface area (Å²) in [4.78, 5) is 6.72. The molecular formula is C17H20N2O. The van der Waals surface area contributed by atoms with Crippen LogP contribution < -0.4 is 0 Å². The molecule has 3 nitrogen and oxygen atoms in total. The molecule has 0 saturated carbocycles. The van der Waals surface area contributed by atoms with Gasteiger partial charge in [-0.1, -0.05) is 18.2 Å². The lowest BCUT2D eigenvalue weighted by Gasteiger charge is -2.26. The first kappa shape index (κ1) is 13.3. The number of aromatic nitrogens is 1. The Hall–Kier alpha value is -1.71. The van der Waals surface area contributed by atoms with Gasteiger partial charge in [-0.05, 0) is 35.7 Å². The van der Waals surface area contributed by atoms with Crippen molar-refractivity contribution in [3.8, 4) is 11.1 Å². The molecule has 1 aromatic carbocycles. The molecule has 2 heterocycles. The fourth-order valence-corrected chi connectivity index (χ4v) is 2.58. The molecule has 3 heteroatoms. The molecule has 0 amide bonds. The maximum atomic E-state index is 5.39. The second-order valence-electron chi connectivity index (χ2n) is 5.34.